The maximum Gasteiger partial charge on any atom is 0.251 e. The highest BCUT2D eigenvalue weighted by Crippen LogP contribution is 2.33. The Morgan fingerprint density at radius 2 is 1.83 bits per heavy atom. The summed E-state index contributed by atoms with van der Waals surface area (Å²) in [5, 5.41) is 8.81. The lowest BCUT2D eigenvalue weighted by Gasteiger charge is -2.28. The summed E-state index contributed by atoms with van der Waals surface area (Å²) in [5.74, 6) is 0.489. The van der Waals surface area contributed by atoms with E-state index in [0.717, 1.165) is 24.0 Å². The van der Waals surface area contributed by atoms with E-state index in [1.54, 1.807) is 0 Å². The van der Waals surface area contributed by atoms with Crippen molar-refractivity contribution in [3.63, 3.8) is 0 Å². The lowest BCUT2D eigenvalue weighted by Crippen LogP contribution is -2.44. The molecule has 2 heterocycles. The number of hydrogen-bond acceptors (Lipinski definition) is 2. The second-order valence-electron chi connectivity index (χ2n) is 5.13. The lowest BCUT2D eigenvalue weighted by atomic mass is 9.85. The van der Waals surface area contributed by atoms with Crippen LogP contribution in [0.2, 0.25) is 0 Å². The van der Waals surface area contributed by atoms with E-state index in [1.165, 1.54) is 10.9 Å². The van der Waals surface area contributed by atoms with Gasteiger partial charge in [-0.1, -0.05) is 24.3 Å². The summed E-state index contributed by atoms with van der Waals surface area (Å²) in [6, 6.07) is 12.7. The number of carbonyl (C=O) groups is 1. The van der Waals surface area contributed by atoms with Gasteiger partial charge < -0.3 is 10.6 Å². The smallest absolute Gasteiger partial charge is 0.251 e. The molecule has 1 amide bonds. The number of rotatable bonds is 0. The summed E-state index contributed by atoms with van der Waals surface area (Å²) < 4.78 is 0. The Bertz CT molecular complexity index is 650. The van der Waals surface area contributed by atoms with Gasteiger partial charge in [0.05, 0.1) is 0 Å². The molecule has 2 aromatic rings. The Labute approximate surface area is 105 Å². The fraction of sp³-hybridized carbons (Fsp3) is 0.267. The van der Waals surface area contributed by atoms with Crippen molar-refractivity contribution in [3.8, 4) is 0 Å². The molecule has 0 bridgehead atoms. The third-order valence-corrected chi connectivity index (χ3v) is 4.09. The van der Waals surface area contributed by atoms with Crippen molar-refractivity contribution < 1.29 is 4.79 Å². The SMILES string of the molecule is O=C1N[C@H]2CNC[C@@H]2c2cc3ccccc3cc21. The van der Waals surface area contributed by atoms with Crippen molar-refractivity contribution in [2.75, 3.05) is 13.1 Å². The summed E-state index contributed by atoms with van der Waals surface area (Å²) >= 11 is 0. The summed E-state index contributed by atoms with van der Waals surface area (Å²) in [6.45, 7) is 1.83. The quantitative estimate of drug-likeness (QED) is 0.732. The highest BCUT2D eigenvalue weighted by molar-refractivity contribution is 6.01. The van der Waals surface area contributed by atoms with Crippen LogP contribution in [0.3, 0.4) is 0 Å². The van der Waals surface area contributed by atoms with Crippen molar-refractivity contribution in [2.45, 2.75) is 12.0 Å². The monoisotopic (exact) mass is 238 g/mol. The fourth-order valence-electron chi connectivity index (χ4n) is 3.16. The fourth-order valence-corrected chi connectivity index (χ4v) is 3.16. The molecule has 3 heteroatoms. The first-order valence-electron chi connectivity index (χ1n) is 6.37. The van der Waals surface area contributed by atoms with Crippen molar-refractivity contribution in [1.29, 1.82) is 0 Å². The van der Waals surface area contributed by atoms with Crippen LogP contribution in [0.4, 0.5) is 0 Å². The van der Waals surface area contributed by atoms with Crippen LogP contribution in [0.5, 0.6) is 0 Å². The minimum absolute atomic E-state index is 0.0701. The molecular weight excluding hydrogens is 224 g/mol. The average Bonchev–Trinajstić information content (AvgIpc) is 2.85. The summed E-state index contributed by atoms with van der Waals surface area (Å²) in [6.07, 6.45) is 0. The highest BCUT2D eigenvalue weighted by atomic mass is 16.1. The zero-order valence-electron chi connectivity index (χ0n) is 9.94. The first kappa shape index (κ1) is 10.1. The Kier molecular flexibility index (Phi) is 2.00. The molecule has 1 fully saturated rings. The maximum absolute atomic E-state index is 12.1. The molecule has 3 nitrogen and oxygen atoms in total. The Morgan fingerprint density at radius 1 is 1.06 bits per heavy atom. The molecule has 0 radical (unpaired) electrons. The third kappa shape index (κ3) is 1.31. The van der Waals surface area contributed by atoms with Crippen LogP contribution in [0.15, 0.2) is 36.4 Å². The van der Waals surface area contributed by atoms with Crippen LogP contribution in [0, 0.1) is 0 Å². The van der Waals surface area contributed by atoms with Crippen LogP contribution in [-0.4, -0.2) is 25.0 Å². The molecule has 0 aromatic heterocycles. The molecule has 2 N–H and O–H groups in total. The molecule has 4 rings (SSSR count). The third-order valence-electron chi connectivity index (χ3n) is 4.09. The first-order valence-corrected chi connectivity index (χ1v) is 6.37. The number of carbonyl (C=O) groups excluding carboxylic acids is 1. The molecule has 0 unspecified atom stereocenters. The lowest BCUT2D eigenvalue weighted by molar-refractivity contribution is 0.0924. The zero-order valence-corrected chi connectivity index (χ0v) is 9.94. The average molecular weight is 238 g/mol. The largest absolute Gasteiger partial charge is 0.347 e. The second-order valence-corrected chi connectivity index (χ2v) is 5.13. The van der Waals surface area contributed by atoms with Crippen LogP contribution in [0.25, 0.3) is 10.8 Å². The Balaban J connectivity index is 1.99. The van der Waals surface area contributed by atoms with Crippen LogP contribution >= 0.6 is 0 Å². The number of amides is 1. The van der Waals surface area contributed by atoms with Crippen LogP contribution in [-0.2, 0) is 0 Å². The predicted molar refractivity (Wildman–Crippen MR) is 70.8 cm³/mol. The minimum Gasteiger partial charge on any atom is -0.347 e. The van der Waals surface area contributed by atoms with Gasteiger partial charge in [-0.3, -0.25) is 4.79 Å². The predicted octanol–water partition coefficient (Wildman–Crippen LogP) is 1.64. The van der Waals surface area contributed by atoms with Gasteiger partial charge in [0.25, 0.3) is 5.91 Å². The number of hydrogen-bond donors (Lipinski definition) is 2. The summed E-state index contributed by atoms with van der Waals surface area (Å²) in [4.78, 5) is 12.1. The molecule has 1 saturated heterocycles. The normalized spacial score (nSPS) is 25.7. The molecule has 2 atom stereocenters. The molecule has 18 heavy (non-hydrogen) atoms. The molecule has 0 spiro atoms. The summed E-state index contributed by atoms with van der Waals surface area (Å²) in [7, 11) is 0. The summed E-state index contributed by atoms with van der Waals surface area (Å²) in [5.41, 5.74) is 2.05. The molecule has 0 aliphatic carbocycles. The molecular formula is C15H14N2O. The van der Waals surface area contributed by atoms with Gasteiger partial charge in [0.2, 0.25) is 0 Å². The van der Waals surface area contributed by atoms with Gasteiger partial charge >= 0.3 is 0 Å². The van der Waals surface area contributed by atoms with E-state index in [-0.39, 0.29) is 11.9 Å². The Hall–Kier alpha value is -1.87. The highest BCUT2D eigenvalue weighted by Gasteiger charge is 2.36. The van der Waals surface area contributed by atoms with Gasteiger partial charge in [-0.2, -0.15) is 0 Å². The van der Waals surface area contributed by atoms with Gasteiger partial charge in [0.1, 0.15) is 0 Å². The second kappa shape index (κ2) is 3.56. The number of benzene rings is 2. The van der Waals surface area contributed by atoms with E-state index in [1.807, 2.05) is 18.2 Å². The first-order chi connectivity index (χ1) is 8.83. The molecule has 2 aliphatic rings. The molecule has 0 saturated carbocycles. The van der Waals surface area contributed by atoms with E-state index in [2.05, 4.69) is 28.8 Å². The Morgan fingerprint density at radius 3 is 2.67 bits per heavy atom. The zero-order chi connectivity index (χ0) is 12.1. The standard InChI is InChI=1S/C15H14N2O/c18-15-12-6-10-4-2-1-3-9(10)5-11(12)13-7-16-8-14(13)17-15/h1-6,13-14,16H,7-8H2,(H,17,18)/t13-,14+/m1/s1. The van der Waals surface area contributed by atoms with Crippen molar-refractivity contribution >= 4 is 16.7 Å². The van der Waals surface area contributed by atoms with Gasteiger partial charge in [-0.05, 0) is 28.5 Å². The maximum atomic E-state index is 12.1. The van der Waals surface area contributed by atoms with E-state index < -0.39 is 0 Å². The topological polar surface area (TPSA) is 41.1 Å². The number of nitrogens with one attached hydrogen (secondary N) is 2. The van der Waals surface area contributed by atoms with E-state index in [4.69, 9.17) is 0 Å². The van der Waals surface area contributed by atoms with Gasteiger partial charge in [-0.25, -0.2) is 0 Å². The molecule has 2 aliphatic heterocycles. The van der Waals surface area contributed by atoms with E-state index in [9.17, 15) is 4.79 Å². The van der Waals surface area contributed by atoms with Crippen molar-refractivity contribution in [1.82, 2.24) is 10.6 Å². The van der Waals surface area contributed by atoms with E-state index in [0.29, 0.717) is 5.92 Å². The molecule has 90 valence electrons. The van der Waals surface area contributed by atoms with Crippen molar-refractivity contribution in [3.05, 3.63) is 47.5 Å². The minimum atomic E-state index is 0.0701. The van der Waals surface area contributed by atoms with Crippen LogP contribution in [0.1, 0.15) is 21.8 Å². The van der Waals surface area contributed by atoms with Crippen LogP contribution < -0.4 is 10.6 Å². The van der Waals surface area contributed by atoms with E-state index >= 15 is 0 Å². The van der Waals surface area contributed by atoms with Gasteiger partial charge in [0, 0.05) is 30.6 Å². The van der Waals surface area contributed by atoms with Gasteiger partial charge in [-0.15, -0.1) is 0 Å². The van der Waals surface area contributed by atoms with Gasteiger partial charge in [0.15, 0.2) is 0 Å². The number of fused-ring (bicyclic) bond motifs is 4. The molecule has 2 aromatic carbocycles. The van der Waals surface area contributed by atoms with Crippen molar-refractivity contribution in [2.24, 2.45) is 0 Å².